The Morgan fingerprint density at radius 1 is 1.21 bits per heavy atom. The van der Waals surface area contributed by atoms with Gasteiger partial charge in [0.2, 0.25) is 5.91 Å². The first-order chi connectivity index (χ1) is 10.2. The first kappa shape index (κ1) is 28.4. The van der Waals surface area contributed by atoms with Crippen LogP contribution in [0.2, 0.25) is 0 Å². The molecule has 0 aromatic heterocycles. The number of quaternary nitrogens is 1. The zero-order valence-corrected chi connectivity index (χ0v) is 17.7. The van der Waals surface area contributed by atoms with Crippen LogP contribution in [0.1, 0.15) is 59.8 Å². The summed E-state index contributed by atoms with van der Waals surface area (Å²) in [5.74, 6) is -0.0468. The molecule has 5 nitrogen and oxygen atoms in total. The third-order valence-corrected chi connectivity index (χ3v) is 4.73. The number of likely N-dealkylation sites (N-methyl/N-ethyl adjacent to an activating group) is 1. The summed E-state index contributed by atoms with van der Waals surface area (Å²) in [6.07, 6.45) is 4.51. The van der Waals surface area contributed by atoms with Crippen LogP contribution in [0.4, 0.5) is 0 Å². The van der Waals surface area contributed by atoms with Crippen LogP contribution in [-0.2, 0) is 4.79 Å². The normalized spacial score (nSPS) is 13.2. The van der Waals surface area contributed by atoms with E-state index in [0.717, 1.165) is 55.5 Å². The maximum Gasteiger partial charge on any atom is 0.240 e. The summed E-state index contributed by atoms with van der Waals surface area (Å²) in [6, 6.07) is 0. The number of carbonyl (C=O) groups excluding carboxylic acids is 1. The van der Waals surface area contributed by atoms with Gasteiger partial charge in [0.15, 0.2) is 0 Å². The number of halogens is 2. The van der Waals surface area contributed by atoms with Gasteiger partial charge in [0.25, 0.3) is 0 Å². The van der Waals surface area contributed by atoms with Crippen molar-refractivity contribution >= 4 is 24.0 Å². The van der Waals surface area contributed by atoms with E-state index in [-0.39, 0.29) is 30.7 Å². The molecule has 0 bridgehead atoms. The van der Waals surface area contributed by atoms with Gasteiger partial charge in [0.05, 0.1) is 38.8 Å². The van der Waals surface area contributed by atoms with E-state index >= 15 is 0 Å². The van der Waals surface area contributed by atoms with Crippen LogP contribution < -0.4 is 23.5 Å². The maximum atomic E-state index is 12.2. The number of unbranched alkanes of at least 4 members (excludes halogenated alkanes) is 2. The molecule has 0 radical (unpaired) electrons. The molecule has 1 unspecified atom stereocenters. The van der Waals surface area contributed by atoms with Crippen LogP contribution >= 0.6 is 12.4 Å². The van der Waals surface area contributed by atoms with Gasteiger partial charge in [-0.15, -0.1) is 12.4 Å². The molecular weight excluding hydrogens is 347 g/mol. The second kappa shape index (κ2) is 13.9. The molecular formula is C17H38Cl2N4O. The predicted octanol–water partition coefficient (Wildman–Crippen LogP) is -0.278. The van der Waals surface area contributed by atoms with E-state index in [1.165, 1.54) is 0 Å². The Morgan fingerprint density at radius 3 is 2.21 bits per heavy atom. The lowest BCUT2D eigenvalue weighted by Crippen LogP contribution is -3.00. The molecule has 7 heteroatoms. The van der Waals surface area contributed by atoms with Crippen molar-refractivity contribution in [3.63, 3.8) is 0 Å². The van der Waals surface area contributed by atoms with E-state index in [4.69, 9.17) is 11.1 Å². The van der Waals surface area contributed by atoms with Crippen molar-refractivity contribution in [1.29, 1.82) is 5.41 Å². The van der Waals surface area contributed by atoms with E-state index in [2.05, 4.69) is 26.2 Å². The summed E-state index contributed by atoms with van der Waals surface area (Å²) in [7, 11) is 2.21. The molecule has 0 aliphatic heterocycles. The smallest absolute Gasteiger partial charge is 0.240 e. The summed E-state index contributed by atoms with van der Waals surface area (Å²) in [6.45, 7) is 11.8. The largest absolute Gasteiger partial charge is 1.00 e. The minimum absolute atomic E-state index is 0. The highest BCUT2D eigenvalue weighted by Crippen LogP contribution is 2.13. The van der Waals surface area contributed by atoms with Crippen molar-refractivity contribution in [2.75, 3.05) is 33.2 Å². The van der Waals surface area contributed by atoms with Gasteiger partial charge in [-0.05, 0) is 47.0 Å². The van der Waals surface area contributed by atoms with E-state index in [9.17, 15) is 4.79 Å². The van der Waals surface area contributed by atoms with Crippen LogP contribution in [0.15, 0.2) is 0 Å². The molecule has 0 aliphatic carbocycles. The Morgan fingerprint density at radius 2 is 1.75 bits per heavy atom. The Bertz CT molecular complexity index is 358. The highest BCUT2D eigenvalue weighted by Gasteiger charge is 2.28. The number of rotatable bonds is 12. The number of hydrogen-bond donors (Lipinski definition) is 3. The van der Waals surface area contributed by atoms with E-state index in [0.29, 0.717) is 13.0 Å². The molecule has 0 aromatic rings. The Kier molecular flexibility index (Phi) is 16.4. The molecule has 0 saturated heterocycles. The average molecular weight is 385 g/mol. The van der Waals surface area contributed by atoms with Crippen LogP contribution in [0.25, 0.3) is 0 Å². The van der Waals surface area contributed by atoms with Gasteiger partial charge in [-0.2, -0.15) is 0 Å². The van der Waals surface area contributed by atoms with Gasteiger partial charge in [0.1, 0.15) is 0 Å². The maximum absolute atomic E-state index is 12.2. The Labute approximate surface area is 161 Å². The summed E-state index contributed by atoms with van der Waals surface area (Å²) in [5, 5.41) is 10.4. The van der Waals surface area contributed by atoms with Gasteiger partial charge in [-0.3, -0.25) is 4.79 Å². The summed E-state index contributed by atoms with van der Waals surface area (Å²) >= 11 is 0. The van der Waals surface area contributed by atoms with Gasteiger partial charge in [0, 0.05) is 5.71 Å². The third kappa shape index (κ3) is 12.1. The van der Waals surface area contributed by atoms with Crippen molar-refractivity contribution in [3.05, 3.63) is 0 Å². The fourth-order valence-electron chi connectivity index (χ4n) is 2.35. The Hall–Kier alpha value is -0.360. The molecule has 4 N–H and O–H groups in total. The van der Waals surface area contributed by atoms with Crippen molar-refractivity contribution < 1.29 is 21.7 Å². The minimum atomic E-state index is -0.790. The topological polar surface area (TPSA) is 79.0 Å². The quantitative estimate of drug-likeness (QED) is 0.246. The molecule has 0 spiro atoms. The van der Waals surface area contributed by atoms with E-state index in [1.54, 1.807) is 0 Å². The van der Waals surface area contributed by atoms with Crippen molar-refractivity contribution in [2.45, 2.75) is 65.3 Å². The molecule has 0 rings (SSSR count). The Balaban J connectivity index is -0.00000220. The molecule has 0 saturated carbocycles. The predicted molar refractivity (Wildman–Crippen MR) is 101 cm³/mol. The van der Waals surface area contributed by atoms with Gasteiger partial charge < -0.3 is 33.3 Å². The van der Waals surface area contributed by atoms with Crippen molar-refractivity contribution in [2.24, 2.45) is 5.73 Å². The number of amides is 1. The first-order valence-corrected chi connectivity index (χ1v) is 8.61. The summed E-state index contributed by atoms with van der Waals surface area (Å²) < 4.78 is 0.963. The molecule has 0 aliphatic rings. The zero-order chi connectivity index (χ0) is 17.2. The molecule has 24 heavy (non-hydrogen) atoms. The zero-order valence-electron chi connectivity index (χ0n) is 16.1. The molecule has 0 heterocycles. The summed E-state index contributed by atoms with van der Waals surface area (Å²) in [4.78, 5) is 12.2. The lowest BCUT2D eigenvalue weighted by atomic mass is 9.94. The lowest BCUT2D eigenvalue weighted by Gasteiger charge is -2.32. The van der Waals surface area contributed by atoms with Crippen LogP contribution in [-0.4, -0.2) is 54.9 Å². The fraction of sp³-hybridized carbons (Fsp3) is 0.882. The highest BCUT2D eigenvalue weighted by molar-refractivity contribution is 5.85. The van der Waals surface area contributed by atoms with Crippen LogP contribution in [0, 0.1) is 5.41 Å². The standard InChI is InChI=1S/C17H36N4O.2ClH/c1-6-21(5,7-2)14-13-20-16(22)17(4,19)12-10-8-9-11-15(3)18;;/h18H,6-14,19H2,1-5H3;2*1H. The average Bonchev–Trinajstić information content (AvgIpc) is 2.46. The van der Waals surface area contributed by atoms with E-state index in [1.807, 2.05) is 13.8 Å². The molecule has 146 valence electrons. The number of carbonyl (C=O) groups is 1. The molecule has 0 aromatic carbocycles. The third-order valence-electron chi connectivity index (χ3n) is 4.73. The molecule has 1 atom stereocenters. The van der Waals surface area contributed by atoms with Gasteiger partial charge in [-0.1, -0.05) is 12.8 Å². The summed E-state index contributed by atoms with van der Waals surface area (Å²) in [5.41, 5.74) is 6.09. The number of nitrogens with two attached hydrogens (primary N) is 1. The second-order valence-corrected chi connectivity index (χ2v) is 6.99. The molecule has 0 fully saturated rings. The fourth-order valence-corrected chi connectivity index (χ4v) is 2.35. The van der Waals surface area contributed by atoms with Gasteiger partial charge >= 0.3 is 0 Å². The first-order valence-electron chi connectivity index (χ1n) is 8.61. The van der Waals surface area contributed by atoms with Crippen molar-refractivity contribution in [3.8, 4) is 0 Å². The SMILES string of the molecule is CC[N+](C)(CC)CCNC(=O)C(C)(N)CCCCCC(C)=N.Cl.[Cl-]. The minimum Gasteiger partial charge on any atom is -1.00 e. The number of hydrogen-bond acceptors (Lipinski definition) is 3. The highest BCUT2D eigenvalue weighted by atomic mass is 35.5. The van der Waals surface area contributed by atoms with Crippen LogP contribution in [0.5, 0.6) is 0 Å². The molecule has 1 amide bonds. The number of nitrogens with one attached hydrogen (secondary N) is 2. The lowest BCUT2D eigenvalue weighted by molar-refractivity contribution is -0.904. The second-order valence-electron chi connectivity index (χ2n) is 6.99. The van der Waals surface area contributed by atoms with Gasteiger partial charge in [-0.25, -0.2) is 0 Å². The monoisotopic (exact) mass is 384 g/mol. The van der Waals surface area contributed by atoms with Crippen molar-refractivity contribution in [1.82, 2.24) is 5.32 Å². The van der Waals surface area contributed by atoms with Crippen LogP contribution in [0.3, 0.4) is 0 Å². The van der Waals surface area contributed by atoms with E-state index < -0.39 is 5.54 Å². The number of nitrogens with zero attached hydrogens (tertiary/aromatic N) is 1.